The smallest absolute Gasteiger partial charge is 0.176 e. The van der Waals surface area contributed by atoms with E-state index in [0.29, 0.717) is 0 Å². The molecule has 0 aliphatic heterocycles. The van der Waals surface area contributed by atoms with Crippen molar-refractivity contribution in [3.05, 3.63) is 29.5 Å². The quantitative estimate of drug-likeness (QED) is 0.864. The monoisotopic (exact) mass is 220 g/mol. The van der Waals surface area contributed by atoms with E-state index in [-0.39, 0.29) is 12.5 Å². The Morgan fingerprint density at radius 2 is 2.19 bits per heavy atom. The van der Waals surface area contributed by atoms with Gasteiger partial charge in [-0.3, -0.25) is 0 Å². The van der Waals surface area contributed by atoms with Crippen LogP contribution in [-0.2, 0) is 0 Å². The Morgan fingerprint density at radius 3 is 2.81 bits per heavy atom. The van der Waals surface area contributed by atoms with E-state index in [1.165, 1.54) is 0 Å². The highest BCUT2D eigenvalue weighted by atomic mass is 16.5. The number of aliphatic hydroxyl groups is 1. The highest BCUT2D eigenvalue weighted by molar-refractivity contribution is 5.87. The third kappa shape index (κ3) is 1.67. The average molecular weight is 220 g/mol. The summed E-state index contributed by atoms with van der Waals surface area (Å²) in [5.41, 5.74) is 1.85. The maximum atomic E-state index is 9.22. The van der Waals surface area contributed by atoms with Crippen molar-refractivity contribution < 1.29 is 14.3 Å². The van der Waals surface area contributed by atoms with Gasteiger partial charge in [-0.2, -0.15) is 0 Å². The van der Waals surface area contributed by atoms with Gasteiger partial charge in [0, 0.05) is 17.9 Å². The number of aryl methyl sites for hydroxylation is 1. The lowest BCUT2D eigenvalue weighted by atomic mass is 9.98. The normalized spacial score (nSPS) is 13.0. The van der Waals surface area contributed by atoms with Gasteiger partial charge in [-0.25, -0.2) is 0 Å². The maximum Gasteiger partial charge on any atom is 0.176 e. The van der Waals surface area contributed by atoms with Gasteiger partial charge in [0.1, 0.15) is 5.76 Å². The summed E-state index contributed by atoms with van der Waals surface area (Å²) in [6, 6.07) is 5.85. The summed E-state index contributed by atoms with van der Waals surface area (Å²) in [5, 5.41) is 10.2. The molecule has 86 valence electrons. The van der Waals surface area contributed by atoms with E-state index in [0.717, 1.165) is 28.0 Å². The highest BCUT2D eigenvalue weighted by Gasteiger charge is 2.14. The van der Waals surface area contributed by atoms with Gasteiger partial charge in [0.05, 0.1) is 7.11 Å². The SMILES string of the molecule is COc1ccc(C(C)CO)c2cc(C)oc12. The Labute approximate surface area is 94.6 Å². The van der Waals surface area contributed by atoms with Crippen molar-refractivity contribution in [1.82, 2.24) is 0 Å². The minimum absolute atomic E-state index is 0.102. The molecule has 0 saturated heterocycles. The topological polar surface area (TPSA) is 42.6 Å². The minimum Gasteiger partial charge on any atom is -0.493 e. The van der Waals surface area contributed by atoms with Crippen LogP contribution in [0.2, 0.25) is 0 Å². The summed E-state index contributed by atoms with van der Waals surface area (Å²) in [5.74, 6) is 1.69. The molecular weight excluding hydrogens is 204 g/mol. The Hall–Kier alpha value is -1.48. The molecule has 16 heavy (non-hydrogen) atoms. The molecule has 1 heterocycles. The standard InChI is InChI=1S/C13H16O3/c1-8(7-14)10-4-5-12(15-3)13-11(10)6-9(2)16-13/h4-6,8,14H,7H2,1-3H3. The maximum absolute atomic E-state index is 9.22. The van der Waals surface area contributed by atoms with E-state index in [4.69, 9.17) is 9.15 Å². The lowest BCUT2D eigenvalue weighted by Gasteiger charge is -2.10. The van der Waals surface area contributed by atoms with Crippen molar-refractivity contribution in [2.45, 2.75) is 19.8 Å². The molecular formula is C13H16O3. The first-order chi connectivity index (χ1) is 7.67. The predicted octanol–water partition coefficient (Wildman–Crippen LogP) is 2.85. The minimum atomic E-state index is 0.102. The van der Waals surface area contributed by atoms with Gasteiger partial charge in [-0.15, -0.1) is 0 Å². The third-order valence-electron chi connectivity index (χ3n) is 2.83. The zero-order valence-corrected chi connectivity index (χ0v) is 9.78. The number of aliphatic hydroxyl groups excluding tert-OH is 1. The number of fused-ring (bicyclic) bond motifs is 1. The molecule has 0 aliphatic rings. The molecule has 0 radical (unpaired) electrons. The van der Waals surface area contributed by atoms with Crippen LogP contribution in [0.5, 0.6) is 5.75 Å². The number of benzene rings is 1. The van der Waals surface area contributed by atoms with Gasteiger partial charge in [0.25, 0.3) is 0 Å². The van der Waals surface area contributed by atoms with Crippen LogP contribution in [0, 0.1) is 6.92 Å². The molecule has 0 aliphatic carbocycles. The summed E-state index contributed by atoms with van der Waals surface area (Å²) in [7, 11) is 1.63. The molecule has 2 rings (SSSR count). The van der Waals surface area contributed by atoms with Crippen LogP contribution in [0.4, 0.5) is 0 Å². The molecule has 0 bridgehead atoms. The Balaban J connectivity index is 2.68. The van der Waals surface area contributed by atoms with Crippen LogP contribution in [-0.4, -0.2) is 18.8 Å². The molecule has 3 nitrogen and oxygen atoms in total. The third-order valence-corrected chi connectivity index (χ3v) is 2.83. The first-order valence-corrected chi connectivity index (χ1v) is 5.35. The largest absolute Gasteiger partial charge is 0.493 e. The Kier molecular flexibility index (Phi) is 2.88. The number of hydrogen-bond acceptors (Lipinski definition) is 3. The summed E-state index contributed by atoms with van der Waals surface area (Å²) in [6.45, 7) is 4.03. The highest BCUT2D eigenvalue weighted by Crippen LogP contribution is 2.34. The number of rotatable bonds is 3. The van der Waals surface area contributed by atoms with Crippen LogP contribution < -0.4 is 4.74 Å². The van der Waals surface area contributed by atoms with Gasteiger partial charge in [-0.05, 0) is 24.6 Å². The van der Waals surface area contributed by atoms with Crippen molar-refractivity contribution in [3.8, 4) is 5.75 Å². The van der Waals surface area contributed by atoms with Crippen molar-refractivity contribution >= 4 is 11.0 Å². The van der Waals surface area contributed by atoms with Gasteiger partial charge in [-0.1, -0.05) is 13.0 Å². The summed E-state index contributed by atoms with van der Waals surface area (Å²) in [6.07, 6.45) is 0. The second-order valence-electron chi connectivity index (χ2n) is 4.04. The van der Waals surface area contributed by atoms with E-state index < -0.39 is 0 Å². The van der Waals surface area contributed by atoms with Gasteiger partial charge >= 0.3 is 0 Å². The first kappa shape index (κ1) is 11.0. The lowest BCUT2D eigenvalue weighted by Crippen LogP contribution is -1.99. The zero-order valence-electron chi connectivity index (χ0n) is 9.78. The fraction of sp³-hybridized carbons (Fsp3) is 0.385. The molecule has 2 aromatic rings. The molecule has 1 aromatic carbocycles. The van der Waals surface area contributed by atoms with E-state index in [1.54, 1.807) is 7.11 Å². The van der Waals surface area contributed by atoms with Crippen LogP contribution in [0.3, 0.4) is 0 Å². The average Bonchev–Trinajstić information content (AvgIpc) is 2.67. The molecule has 0 fully saturated rings. The fourth-order valence-electron chi connectivity index (χ4n) is 1.93. The van der Waals surface area contributed by atoms with E-state index in [2.05, 4.69) is 0 Å². The fourth-order valence-corrected chi connectivity index (χ4v) is 1.93. The van der Waals surface area contributed by atoms with Gasteiger partial charge in [0.15, 0.2) is 11.3 Å². The summed E-state index contributed by atoms with van der Waals surface area (Å²) >= 11 is 0. The van der Waals surface area contributed by atoms with Crippen molar-refractivity contribution in [2.75, 3.05) is 13.7 Å². The van der Waals surface area contributed by atoms with E-state index in [1.807, 2.05) is 32.0 Å². The second-order valence-corrected chi connectivity index (χ2v) is 4.04. The number of ether oxygens (including phenoxy) is 1. The van der Waals surface area contributed by atoms with Crippen LogP contribution >= 0.6 is 0 Å². The number of furan rings is 1. The van der Waals surface area contributed by atoms with Crippen LogP contribution in [0.15, 0.2) is 22.6 Å². The number of methoxy groups -OCH3 is 1. The van der Waals surface area contributed by atoms with E-state index in [9.17, 15) is 5.11 Å². The molecule has 0 amide bonds. The molecule has 0 saturated carbocycles. The predicted molar refractivity (Wildman–Crippen MR) is 63.0 cm³/mol. The van der Waals surface area contributed by atoms with Crippen molar-refractivity contribution in [2.24, 2.45) is 0 Å². The summed E-state index contributed by atoms with van der Waals surface area (Å²) in [4.78, 5) is 0. The Bertz CT molecular complexity index is 499. The Morgan fingerprint density at radius 1 is 1.44 bits per heavy atom. The van der Waals surface area contributed by atoms with Crippen LogP contribution in [0.25, 0.3) is 11.0 Å². The second kappa shape index (κ2) is 4.18. The zero-order chi connectivity index (χ0) is 11.7. The van der Waals surface area contributed by atoms with Gasteiger partial charge < -0.3 is 14.3 Å². The molecule has 1 unspecified atom stereocenters. The van der Waals surface area contributed by atoms with Crippen molar-refractivity contribution in [3.63, 3.8) is 0 Å². The van der Waals surface area contributed by atoms with E-state index >= 15 is 0 Å². The molecule has 1 atom stereocenters. The molecule has 3 heteroatoms. The van der Waals surface area contributed by atoms with Gasteiger partial charge in [0.2, 0.25) is 0 Å². The van der Waals surface area contributed by atoms with Crippen molar-refractivity contribution in [1.29, 1.82) is 0 Å². The lowest BCUT2D eigenvalue weighted by molar-refractivity contribution is 0.273. The molecule has 0 spiro atoms. The molecule has 1 N–H and O–H groups in total. The first-order valence-electron chi connectivity index (χ1n) is 5.35. The molecule has 1 aromatic heterocycles. The van der Waals surface area contributed by atoms with Crippen LogP contribution in [0.1, 0.15) is 24.2 Å². The summed E-state index contributed by atoms with van der Waals surface area (Å²) < 4.78 is 10.9. The number of hydrogen-bond donors (Lipinski definition) is 1.